The molecule has 0 fully saturated rings. The highest BCUT2D eigenvalue weighted by Crippen LogP contribution is 2.14. The molecule has 4 heteroatoms. The third kappa shape index (κ3) is 4.25. The lowest BCUT2D eigenvalue weighted by atomic mass is 10.1. The summed E-state index contributed by atoms with van der Waals surface area (Å²) in [4.78, 5) is 18.9. The van der Waals surface area contributed by atoms with E-state index in [2.05, 4.69) is 0 Å². The molecular weight excluding hydrogens is 139 g/mol. The molecule has 0 heterocycles. The molecular formula is C5H10O3P+. The highest BCUT2D eigenvalue weighted by Gasteiger charge is 2.19. The van der Waals surface area contributed by atoms with Gasteiger partial charge in [-0.3, -0.25) is 4.79 Å². The smallest absolute Gasteiger partial charge is 0.294 e. The third-order valence-corrected chi connectivity index (χ3v) is 1.52. The fourth-order valence-corrected chi connectivity index (χ4v) is 0.948. The van der Waals surface area contributed by atoms with Crippen molar-refractivity contribution in [2.24, 2.45) is 5.92 Å². The van der Waals surface area contributed by atoms with Gasteiger partial charge in [0.1, 0.15) is 0 Å². The molecule has 1 N–H and O–H groups in total. The average Bonchev–Trinajstić information content (AvgIpc) is 1.63. The Morgan fingerprint density at radius 3 is 2.22 bits per heavy atom. The fourth-order valence-electron chi connectivity index (χ4n) is 0.316. The molecule has 1 atom stereocenters. The lowest BCUT2D eigenvalue weighted by molar-refractivity contribution is -0.119. The summed E-state index contributed by atoms with van der Waals surface area (Å²) >= 11 is 0. The molecule has 1 unspecified atom stereocenters. The molecule has 0 amide bonds. The predicted molar refractivity (Wildman–Crippen MR) is 34.5 cm³/mol. The van der Waals surface area contributed by atoms with Crippen LogP contribution in [0.4, 0.5) is 0 Å². The van der Waals surface area contributed by atoms with Gasteiger partial charge < -0.3 is 0 Å². The minimum Gasteiger partial charge on any atom is -0.294 e. The van der Waals surface area contributed by atoms with Crippen molar-refractivity contribution >= 4 is 13.8 Å². The van der Waals surface area contributed by atoms with E-state index in [0.717, 1.165) is 0 Å². The number of hydrogen-bond acceptors (Lipinski definition) is 2. The molecule has 0 saturated carbocycles. The molecule has 0 aromatic rings. The molecule has 0 aromatic heterocycles. The van der Waals surface area contributed by atoms with Crippen LogP contribution in [0.25, 0.3) is 0 Å². The van der Waals surface area contributed by atoms with E-state index in [1.807, 2.05) is 0 Å². The monoisotopic (exact) mass is 149 g/mol. The number of rotatable bonds is 3. The Bertz CT molecular complexity index is 130. The molecule has 0 aromatic carbocycles. The summed E-state index contributed by atoms with van der Waals surface area (Å²) in [6.07, 6.45) is -0.201. The summed E-state index contributed by atoms with van der Waals surface area (Å²) in [5.41, 5.74) is 0. The van der Waals surface area contributed by atoms with E-state index in [1.165, 1.54) is 0 Å². The predicted octanol–water partition coefficient (Wildman–Crippen LogP) is 0.946. The second kappa shape index (κ2) is 3.70. The zero-order valence-electron chi connectivity index (χ0n) is 5.50. The lowest BCUT2D eigenvalue weighted by Gasteiger charge is -1.92. The number of ketones is 1. The lowest BCUT2D eigenvalue weighted by Crippen LogP contribution is -2.08. The van der Waals surface area contributed by atoms with E-state index in [9.17, 15) is 9.36 Å². The van der Waals surface area contributed by atoms with E-state index >= 15 is 0 Å². The molecule has 0 aliphatic carbocycles. The van der Waals surface area contributed by atoms with Gasteiger partial charge in [-0.05, 0) is 4.57 Å². The minimum atomic E-state index is -2.27. The van der Waals surface area contributed by atoms with Gasteiger partial charge in [-0.2, -0.15) is 4.89 Å². The summed E-state index contributed by atoms with van der Waals surface area (Å²) in [7, 11) is -2.27. The maximum atomic E-state index is 10.6. The normalized spacial score (nSPS) is 11.8. The molecule has 52 valence electrons. The van der Waals surface area contributed by atoms with Gasteiger partial charge in [0.15, 0.2) is 5.78 Å². The maximum absolute atomic E-state index is 10.6. The molecule has 0 aliphatic heterocycles. The van der Waals surface area contributed by atoms with E-state index in [-0.39, 0.29) is 17.9 Å². The second-order valence-electron chi connectivity index (χ2n) is 2.13. The fraction of sp³-hybridized carbons (Fsp3) is 0.800. The highest BCUT2D eigenvalue weighted by atomic mass is 31.1. The van der Waals surface area contributed by atoms with Crippen molar-refractivity contribution in [3.8, 4) is 0 Å². The van der Waals surface area contributed by atoms with Crippen molar-refractivity contribution in [3.63, 3.8) is 0 Å². The average molecular weight is 149 g/mol. The van der Waals surface area contributed by atoms with Gasteiger partial charge in [0.2, 0.25) is 6.16 Å². The Kier molecular flexibility index (Phi) is 3.59. The number of hydrogen-bond donors (Lipinski definition) is 1. The Hall–Kier alpha value is -0.270. The molecule has 0 bridgehead atoms. The van der Waals surface area contributed by atoms with Crippen LogP contribution in [-0.2, 0) is 9.36 Å². The topological polar surface area (TPSA) is 54.4 Å². The van der Waals surface area contributed by atoms with Crippen LogP contribution < -0.4 is 0 Å². The summed E-state index contributed by atoms with van der Waals surface area (Å²) in [5, 5.41) is 0. The molecule has 0 aliphatic rings. The number of Topliss-reactive ketones (excluding diaryl/α,β-unsaturated/α-hetero) is 1. The number of carbonyl (C=O) groups is 1. The Balaban J connectivity index is 3.64. The standard InChI is InChI=1S/C5H9O3P/c1-4(2)5(6)3-9(7)8/h4H,3H2,1-2H3/p+1. The van der Waals surface area contributed by atoms with Gasteiger partial charge in [0, 0.05) is 5.92 Å². The molecule has 3 nitrogen and oxygen atoms in total. The van der Waals surface area contributed by atoms with Crippen LogP contribution >= 0.6 is 8.03 Å². The van der Waals surface area contributed by atoms with Crippen molar-refractivity contribution in [1.29, 1.82) is 0 Å². The van der Waals surface area contributed by atoms with Crippen LogP contribution in [0.1, 0.15) is 13.8 Å². The van der Waals surface area contributed by atoms with E-state index in [4.69, 9.17) is 4.89 Å². The summed E-state index contributed by atoms with van der Waals surface area (Å²) in [6, 6.07) is 0. The summed E-state index contributed by atoms with van der Waals surface area (Å²) in [6.45, 7) is 3.42. The van der Waals surface area contributed by atoms with E-state index < -0.39 is 8.03 Å². The SMILES string of the molecule is CC(C)C(=O)C[P+](=O)O. The first-order valence-corrected chi connectivity index (χ1v) is 4.10. The van der Waals surface area contributed by atoms with Gasteiger partial charge in [0.25, 0.3) is 0 Å². The first-order valence-electron chi connectivity index (χ1n) is 2.70. The van der Waals surface area contributed by atoms with E-state index in [0.29, 0.717) is 0 Å². The quantitative estimate of drug-likeness (QED) is 0.607. The van der Waals surface area contributed by atoms with Gasteiger partial charge >= 0.3 is 8.03 Å². The largest absolute Gasteiger partial charge is 0.513 e. The first kappa shape index (κ1) is 8.73. The van der Waals surface area contributed by atoms with Crippen LogP contribution in [-0.4, -0.2) is 16.8 Å². The van der Waals surface area contributed by atoms with Gasteiger partial charge in [-0.15, -0.1) is 0 Å². The molecule has 0 radical (unpaired) electrons. The Morgan fingerprint density at radius 2 is 2.11 bits per heavy atom. The van der Waals surface area contributed by atoms with Gasteiger partial charge in [-0.1, -0.05) is 13.8 Å². The Labute approximate surface area is 54.9 Å². The molecule has 9 heavy (non-hydrogen) atoms. The maximum Gasteiger partial charge on any atom is 0.513 e. The van der Waals surface area contributed by atoms with Crippen molar-refractivity contribution in [3.05, 3.63) is 0 Å². The van der Waals surface area contributed by atoms with E-state index in [1.54, 1.807) is 13.8 Å². The van der Waals surface area contributed by atoms with Gasteiger partial charge in [-0.25, -0.2) is 0 Å². The molecule has 0 spiro atoms. The van der Waals surface area contributed by atoms with Crippen molar-refractivity contribution < 1.29 is 14.3 Å². The summed E-state index contributed by atoms with van der Waals surface area (Å²) < 4.78 is 10.0. The van der Waals surface area contributed by atoms with Crippen LogP contribution in [0.15, 0.2) is 0 Å². The second-order valence-corrected chi connectivity index (χ2v) is 3.15. The van der Waals surface area contributed by atoms with Crippen molar-refractivity contribution in [2.75, 3.05) is 6.16 Å². The Morgan fingerprint density at radius 1 is 1.67 bits per heavy atom. The highest BCUT2D eigenvalue weighted by molar-refractivity contribution is 7.39. The van der Waals surface area contributed by atoms with Crippen LogP contribution in [0.2, 0.25) is 0 Å². The van der Waals surface area contributed by atoms with Crippen LogP contribution in [0.5, 0.6) is 0 Å². The third-order valence-electron chi connectivity index (χ3n) is 0.935. The first-order chi connectivity index (χ1) is 4.04. The van der Waals surface area contributed by atoms with Crippen LogP contribution in [0.3, 0.4) is 0 Å². The van der Waals surface area contributed by atoms with Crippen molar-refractivity contribution in [1.82, 2.24) is 0 Å². The van der Waals surface area contributed by atoms with Crippen molar-refractivity contribution in [2.45, 2.75) is 13.8 Å². The zero-order valence-corrected chi connectivity index (χ0v) is 6.39. The minimum absolute atomic E-state index is 0.129. The molecule has 0 saturated heterocycles. The summed E-state index contributed by atoms with van der Waals surface area (Å²) in [5.74, 6) is -0.283. The molecule has 0 rings (SSSR count). The van der Waals surface area contributed by atoms with Crippen LogP contribution in [0, 0.1) is 5.92 Å². The van der Waals surface area contributed by atoms with Gasteiger partial charge in [0.05, 0.1) is 0 Å². The zero-order chi connectivity index (χ0) is 7.44. The number of carbonyl (C=O) groups excluding carboxylic acids is 1.